The lowest BCUT2D eigenvalue weighted by Gasteiger charge is -2.40. The van der Waals surface area contributed by atoms with Crippen molar-refractivity contribution in [1.29, 1.82) is 0 Å². The fourth-order valence-electron chi connectivity index (χ4n) is 5.22. The van der Waals surface area contributed by atoms with Gasteiger partial charge in [-0.3, -0.25) is 4.79 Å². The number of rotatable bonds is 11. The number of anilines is 1. The summed E-state index contributed by atoms with van der Waals surface area (Å²) in [6.45, 7) is 11.1. The van der Waals surface area contributed by atoms with Gasteiger partial charge >= 0.3 is 6.09 Å². The molecule has 0 spiro atoms. The topological polar surface area (TPSA) is 130 Å². The number of ether oxygens (including phenoxy) is 1. The summed E-state index contributed by atoms with van der Waals surface area (Å²) < 4.78 is 34.2. The maximum Gasteiger partial charge on any atom is 0.407 e. The number of sulfonamides is 1. The van der Waals surface area contributed by atoms with Crippen LogP contribution in [-0.4, -0.2) is 68.1 Å². The molecule has 10 nitrogen and oxygen atoms in total. The zero-order valence-corrected chi connectivity index (χ0v) is 25.5. The van der Waals surface area contributed by atoms with Gasteiger partial charge in [-0.25, -0.2) is 22.9 Å². The van der Waals surface area contributed by atoms with Gasteiger partial charge in [0.2, 0.25) is 15.9 Å². The number of carbonyl (C=O) groups excluding carboxylic acids is 2. The average Bonchev–Trinajstić information content (AvgIpc) is 3.37. The van der Waals surface area contributed by atoms with Gasteiger partial charge in [0.1, 0.15) is 6.04 Å². The van der Waals surface area contributed by atoms with Crippen LogP contribution < -0.4 is 15.4 Å². The van der Waals surface area contributed by atoms with Gasteiger partial charge in [0.25, 0.3) is 0 Å². The molecule has 2 fully saturated rings. The van der Waals surface area contributed by atoms with Gasteiger partial charge in [0, 0.05) is 49.0 Å². The van der Waals surface area contributed by atoms with Crippen LogP contribution in [0.25, 0.3) is 10.4 Å². The molecule has 1 aromatic carbocycles. The number of β-lactam (4-membered cyclic amide) rings is 1. The first-order valence-electron chi connectivity index (χ1n) is 14.1. The Morgan fingerprint density at radius 3 is 2.52 bits per heavy atom. The standard InChI is InChI=1S/C28H41N5O5S2/c1-6-30-40(36,37)25-13-21(31-23-16-33(27(23)34)15-17(2)3)11-12-22(25)24-14-29-26(39-24)19-7-9-20(10-8-19)32-28(35)38-18(4)5/h11-14,17-20,23,30-31H,6-10,15-16H2,1-5H3,(H,32,35)/t19-,20-,23-/m0/s1. The van der Waals surface area contributed by atoms with Crippen molar-refractivity contribution in [2.75, 3.05) is 25.0 Å². The number of aromatic nitrogens is 1. The van der Waals surface area contributed by atoms with Gasteiger partial charge in [-0.2, -0.15) is 0 Å². The van der Waals surface area contributed by atoms with Crippen LogP contribution in [0.5, 0.6) is 0 Å². The first-order chi connectivity index (χ1) is 19.0. The number of likely N-dealkylation sites (tertiary alicyclic amines) is 1. The van der Waals surface area contributed by atoms with Crippen molar-refractivity contribution in [3.8, 4) is 10.4 Å². The SMILES string of the molecule is CCNS(=O)(=O)c1cc(N[C@H]2CN(CC(C)C)C2=O)ccc1-c1cnc([C@H]2CC[C@H](NC(=O)OC(C)C)CC2)s1. The summed E-state index contributed by atoms with van der Waals surface area (Å²) in [4.78, 5) is 31.9. The lowest BCUT2D eigenvalue weighted by molar-refractivity contribution is -0.141. The first-order valence-corrected chi connectivity index (χ1v) is 16.4. The molecule has 0 unspecified atom stereocenters. The lowest BCUT2D eigenvalue weighted by Crippen LogP contribution is -2.60. The average molecular weight is 592 g/mol. The fraction of sp³-hybridized carbons (Fsp3) is 0.607. The van der Waals surface area contributed by atoms with E-state index < -0.39 is 10.0 Å². The molecular weight excluding hydrogens is 550 g/mol. The van der Waals surface area contributed by atoms with E-state index in [1.807, 2.05) is 24.8 Å². The van der Waals surface area contributed by atoms with Crippen molar-refractivity contribution in [3.05, 3.63) is 29.4 Å². The zero-order chi connectivity index (χ0) is 29.0. The maximum atomic E-state index is 13.2. The van der Waals surface area contributed by atoms with Crippen molar-refractivity contribution >= 4 is 39.0 Å². The number of nitrogens with zero attached hydrogens (tertiary/aromatic N) is 2. The highest BCUT2D eigenvalue weighted by Crippen LogP contribution is 2.40. The van der Waals surface area contributed by atoms with E-state index in [0.717, 1.165) is 35.6 Å². The molecule has 1 aromatic heterocycles. The molecule has 1 aliphatic carbocycles. The van der Waals surface area contributed by atoms with Crippen molar-refractivity contribution in [2.24, 2.45) is 5.92 Å². The Morgan fingerprint density at radius 1 is 1.18 bits per heavy atom. The Morgan fingerprint density at radius 2 is 1.90 bits per heavy atom. The third-order valence-corrected chi connectivity index (χ3v) is 9.85. The Hall–Kier alpha value is -2.70. The molecule has 1 saturated carbocycles. The Labute approximate surface area is 241 Å². The molecule has 220 valence electrons. The third kappa shape index (κ3) is 7.32. The first kappa shape index (κ1) is 30.3. The minimum atomic E-state index is -3.78. The van der Waals surface area contributed by atoms with E-state index in [9.17, 15) is 18.0 Å². The molecule has 2 heterocycles. The van der Waals surface area contributed by atoms with Crippen LogP contribution in [0.2, 0.25) is 0 Å². The van der Waals surface area contributed by atoms with E-state index in [1.165, 1.54) is 11.3 Å². The molecule has 0 radical (unpaired) electrons. The van der Waals surface area contributed by atoms with E-state index in [-0.39, 0.29) is 47.5 Å². The zero-order valence-electron chi connectivity index (χ0n) is 23.9. The van der Waals surface area contributed by atoms with Gasteiger partial charge in [0.05, 0.1) is 20.9 Å². The summed E-state index contributed by atoms with van der Waals surface area (Å²) in [6, 6.07) is 4.95. The molecular formula is C28H41N5O5S2. The third-order valence-electron chi connectivity index (χ3n) is 7.07. The number of thiazole rings is 1. The maximum absolute atomic E-state index is 13.2. The minimum Gasteiger partial charge on any atom is -0.447 e. The number of hydrogen-bond donors (Lipinski definition) is 3. The number of nitrogens with one attached hydrogen (secondary N) is 3. The highest BCUT2D eigenvalue weighted by molar-refractivity contribution is 7.89. The monoisotopic (exact) mass is 591 g/mol. The van der Waals surface area contributed by atoms with Crippen LogP contribution in [0.3, 0.4) is 0 Å². The second kappa shape index (κ2) is 12.9. The summed E-state index contributed by atoms with van der Waals surface area (Å²) in [5.41, 5.74) is 1.18. The fourth-order valence-corrected chi connectivity index (χ4v) is 7.69. The van der Waals surface area contributed by atoms with Gasteiger partial charge in [0.15, 0.2) is 0 Å². The van der Waals surface area contributed by atoms with Crippen LogP contribution in [-0.2, 0) is 19.6 Å². The highest BCUT2D eigenvalue weighted by atomic mass is 32.2. The molecule has 1 saturated heterocycles. The Kier molecular flexibility index (Phi) is 9.73. The van der Waals surface area contributed by atoms with Gasteiger partial charge in [-0.1, -0.05) is 26.8 Å². The Bertz CT molecular complexity index is 1300. The summed E-state index contributed by atoms with van der Waals surface area (Å²) in [5, 5.41) is 7.13. The molecule has 1 atom stereocenters. The number of carbonyl (C=O) groups is 2. The second-order valence-electron chi connectivity index (χ2n) is 11.3. The summed E-state index contributed by atoms with van der Waals surface area (Å²) >= 11 is 1.51. The molecule has 1 aliphatic heterocycles. The predicted octanol–water partition coefficient (Wildman–Crippen LogP) is 4.55. The molecule has 4 rings (SSSR count). The molecule has 40 heavy (non-hydrogen) atoms. The van der Waals surface area contributed by atoms with E-state index in [1.54, 1.807) is 25.3 Å². The summed E-state index contributed by atoms with van der Waals surface area (Å²) in [5.74, 6) is 0.680. The van der Waals surface area contributed by atoms with Gasteiger partial charge in [-0.05, 0) is 57.6 Å². The van der Waals surface area contributed by atoms with Crippen molar-refractivity contribution in [2.45, 2.75) is 89.3 Å². The second-order valence-corrected chi connectivity index (χ2v) is 14.1. The molecule has 2 amide bonds. The number of benzene rings is 1. The van der Waals surface area contributed by atoms with E-state index in [4.69, 9.17) is 4.74 Å². The number of alkyl carbamates (subject to hydrolysis) is 1. The molecule has 0 bridgehead atoms. The van der Waals surface area contributed by atoms with E-state index >= 15 is 0 Å². The smallest absolute Gasteiger partial charge is 0.407 e. The van der Waals surface area contributed by atoms with E-state index in [2.05, 4.69) is 34.2 Å². The van der Waals surface area contributed by atoms with Crippen molar-refractivity contribution < 1.29 is 22.7 Å². The van der Waals surface area contributed by atoms with E-state index in [0.29, 0.717) is 30.3 Å². The predicted molar refractivity (Wildman–Crippen MR) is 157 cm³/mol. The van der Waals surface area contributed by atoms with Gasteiger partial charge < -0.3 is 20.3 Å². The van der Waals surface area contributed by atoms with Gasteiger partial charge in [-0.15, -0.1) is 11.3 Å². The van der Waals surface area contributed by atoms with Crippen LogP contribution in [0.4, 0.5) is 10.5 Å². The molecule has 2 aromatic rings. The van der Waals surface area contributed by atoms with Crippen LogP contribution in [0.1, 0.15) is 71.2 Å². The number of amides is 2. The summed E-state index contributed by atoms with van der Waals surface area (Å²) in [6.07, 6.45) is 4.65. The summed E-state index contributed by atoms with van der Waals surface area (Å²) in [7, 11) is -3.78. The normalized spacial score (nSPS) is 21.4. The van der Waals surface area contributed by atoms with Crippen molar-refractivity contribution in [3.63, 3.8) is 0 Å². The highest BCUT2D eigenvalue weighted by Gasteiger charge is 2.37. The molecule has 3 N–H and O–H groups in total. The quantitative estimate of drug-likeness (QED) is 0.327. The molecule has 12 heteroatoms. The lowest BCUT2D eigenvalue weighted by atomic mass is 9.86. The van der Waals surface area contributed by atoms with Crippen LogP contribution in [0.15, 0.2) is 29.3 Å². The Balaban J connectivity index is 1.47. The van der Waals surface area contributed by atoms with Crippen molar-refractivity contribution in [1.82, 2.24) is 19.9 Å². The van der Waals surface area contributed by atoms with Crippen LogP contribution in [0, 0.1) is 5.92 Å². The number of hydrogen-bond acceptors (Lipinski definition) is 8. The largest absolute Gasteiger partial charge is 0.447 e. The van der Waals surface area contributed by atoms with Crippen LogP contribution >= 0.6 is 11.3 Å². The minimum absolute atomic E-state index is 0.0303. The molecule has 2 aliphatic rings.